The van der Waals surface area contributed by atoms with Gasteiger partial charge in [0.1, 0.15) is 5.82 Å². The largest absolute Gasteiger partial charge is 0.362 e. The molecule has 28 heavy (non-hydrogen) atoms. The Hall–Kier alpha value is -2.92. The maximum atomic E-state index is 4.86. The first-order valence-corrected chi connectivity index (χ1v) is 9.84. The average Bonchev–Trinajstić information content (AvgIpc) is 2.74. The predicted octanol–water partition coefficient (Wildman–Crippen LogP) is 3.53. The number of piperazine rings is 1. The average molecular weight is 374 g/mol. The Balaban J connectivity index is 1.42. The molecule has 0 bridgehead atoms. The van der Waals surface area contributed by atoms with E-state index in [1.165, 1.54) is 5.56 Å². The normalized spacial score (nSPS) is 15.4. The standard InChI is InChI=1S/C23H27N5/c1-26(2)22-20-12-6-7-13-21(20)24-23(25-22)28-17-15-27(16-18-28)14-8-11-19-9-4-3-5-10-19/h3-13H,14-18H2,1-2H3/b11-8+. The summed E-state index contributed by atoms with van der Waals surface area (Å²) in [4.78, 5) is 16.5. The fourth-order valence-electron chi connectivity index (χ4n) is 3.56. The minimum atomic E-state index is 0.835. The molecule has 1 aliphatic heterocycles. The highest BCUT2D eigenvalue weighted by atomic mass is 15.3. The number of hydrogen-bond donors (Lipinski definition) is 0. The molecule has 0 amide bonds. The van der Waals surface area contributed by atoms with Crippen LogP contribution in [0.25, 0.3) is 17.0 Å². The first-order chi connectivity index (χ1) is 13.7. The summed E-state index contributed by atoms with van der Waals surface area (Å²) in [7, 11) is 4.07. The monoisotopic (exact) mass is 373 g/mol. The van der Waals surface area contributed by atoms with Crippen LogP contribution in [0.15, 0.2) is 60.7 Å². The van der Waals surface area contributed by atoms with Gasteiger partial charge in [-0.1, -0.05) is 54.6 Å². The molecular formula is C23H27N5. The van der Waals surface area contributed by atoms with Crippen molar-refractivity contribution in [2.45, 2.75) is 0 Å². The van der Waals surface area contributed by atoms with Crippen molar-refractivity contribution in [1.82, 2.24) is 14.9 Å². The number of fused-ring (bicyclic) bond motifs is 1. The number of aromatic nitrogens is 2. The molecule has 2 aromatic carbocycles. The first-order valence-electron chi connectivity index (χ1n) is 9.84. The van der Waals surface area contributed by atoms with Crippen LogP contribution >= 0.6 is 0 Å². The third-order valence-corrected chi connectivity index (χ3v) is 5.12. The van der Waals surface area contributed by atoms with E-state index in [1.54, 1.807) is 0 Å². The summed E-state index contributed by atoms with van der Waals surface area (Å²) in [6.07, 6.45) is 4.45. The Kier molecular flexibility index (Phi) is 5.53. The fraction of sp³-hybridized carbons (Fsp3) is 0.304. The summed E-state index contributed by atoms with van der Waals surface area (Å²) in [5.41, 5.74) is 2.26. The van der Waals surface area contributed by atoms with Crippen molar-refractivity contribution in [3.8, 4) is 0 Å². The molecule has 0 saturated carbocycles. The molecule has 2 heterocycles. The third-order valence-electron chi connectivity index (χ3n) is 5.12. The molecule has 1 aromatic heterocycles. The summed E-state index contributed by atoms with van der Waals surface area (Å²) in [5.74, 6) is 1.82. The maximum Gasteiger partial charge on any atom is 0.227 e. The van der Waals surface area contributed by atoms with Crippen molar-refractivity contribution >= 4 is 28.7 Å². The van der Waals surface area contributed by atoms with Gasteiger partial charge in [-0.15, -0.1) is 0 Å². The molecule has 0 N–H and O–H groups in total. The number of hydrogen-bond acceptors (Lipinski definition) is 5. The van der Waals surface area contributed by atoms with Gasteiger partial charge in [-0.05, 0) is 17.7 Å². The molecule has 1 saturated heterocycles. The van der Waals surface area contributed by atoms with Crippen molar-refractivity contribution in [3.05, 3.63) is 66.2 Å². The lowest BCUT2D eigenvalue weighted by Gasteiger charge is -2.34. The zero-order valence-corrected chi connectivity index (χ0v) is 16.6. The molecule has 1 aliphatic rings. The van der Waals surface area contributed by atoms with E-state index in [4.69, 9.17) is 9.97 Å². The zero-order valence-electron chi connectivity index (χ0n) is 16.6. The molecule has 4 rings (SSSR count). The van der Waals surface area contributed by atoms with Crippen LogP contribution in [0.4, 0.5) is 11.8 Å². The summed E-state index contributed by atoms with van der Waals surface area (Å²) in [5, 5.41) is 1.10. The molecule has 5 nitrogen and oxygen atoms in total. The highest BCUT2D eigenvalue weighted by Gasteiger charge is 2.20. The molecule has 0 spiro atoms. The van der Waals surface area contributed by atoms with E-state index in [2.05, 4.69) is 63.2 Å². The smallest absolute Gasteiger partial charge is 0.227 e. The van der Waals surface area contributed by atoms with E-state index in [-0.39, 0.29) is 0 Å². The highest BCUT2D eigenvalue weighted by molar-refractivity contribution is 5.90. The lowest BCUT2D eigenvalue weighted by molar-refractivity contribution is 0.283. The second kappa shape index (κ2) is 8.40. The zero-order chi connectivity index (χ0) is 19.3. The Labute approximate surface area is 166 Å². The minimum Gasteiger partial charge on any atom is -0.362 e. The third kappa shape index (κ3) is 4.15. The number of para-hydroxylation sites is 1. The fourth-order valence-corrected chi connectivity index (χ4v) is 3.56. The molecule has 0 atom stereocenters. The van der Waals surface area contributed by atoms with Gasteiger partial charge in [-0.25, -0.2) is 4.98 Å². The highest BCUT2D eigenvalue weighted by Crippen LogP contribution is 2.25. The van der Waals surface area contributed by atoms with Gasteiger partial charge in [0.15, 0.2) is 0 Å². The molecule has 0 unspecified atom stereocenters. The summed E-state index contributed by atoms with van der Waals surface area (Å²) < 4.78 is 0. The van der Waals surface area contributed by atoms with Gasteiger partial charge in [-0.3, -0.25) is 4.90 Å². The van der Waals surface area contributed by atoms with Gasteiger partial charge in [0, 0.05) is 52.2 Å². The molecule has 1 fully saturated rings. The van der Waals surface area contributed by atoms with Crippen LogP contribution < -0.4 is 9.80 Å². The lowest BCUT2D eigenvalue weighted by atomic mass is 10.2. The quantitative estimate of drug-likeness (QED) is 0.684. The van der Waals surface area contributed by atoms with Crippen molar-refractivity contribution < 1.29 is 0 Å². The SMILES string of the molecule is CN(C)c1nc(N2CCN(C/C=C/c3ccccc3)CC2)nc2ccccc12. The van der Waals surface area contributed by atoms with Crippen LogP contribution in [0.3, 0.4) is 0 Å². The number of rotatable bonds is 5. The van der Waals surface area contributed by atoms with E-state index < -0.39 is 0 Å². The van der Waals surface area contributed by atoms with Crippen LogP contribution in [0, 0.1) is 0 Å². The van der Waals surface area contributed by atoms with Gasteiger partial charge < -0.3 is 9.80 Å². The number of anilines is 2. The topological polar surface area (TPSA) is 35.5 Å². The van der Waals surface area contributed by atoms with Crippen LogP contribution in [-0.4, -0.2) is 61.7 Å². The molecule has 3 aromatic rings. The predicted molar refractivity (Wildman–Crippen MR) is 118 cm³/mol. The van der Waals surface area contributed by atoms with E-state index in [1.807, 2.05) is 32.3 Å². The van der Waals surface area contributed by atoms with Crippen molar-refractivity contribution in [2.24, 2.45) is 0 Å². The summed E-state index contributed by atoms with van der Waals surface area (Å²) in [6.45, 7) is 4.91. The van der Waals surface area contributed by atoms with Gasteiger partial charge in [0.2, 0.25) is 5.95 Å². The number of benzene rings is 2. The van der Waals surface area contributed by atoms with Crippen molar-refractivity contribution in [1.29, 1.82) is 0 Å². The Morgan fingerprint density at radius 2 is 1.61 bits per heavy atom. The van der Waals surface area contributed by atoms with Crippen molar-refractivity contribution in [2.75, 3.05) is 56.6 Å². The second-order valence-corrected chi connectivity index (χ2v) is 7.36. The molecular weight excluding hydrogens is 346 g/mol. The van der Waals surface area contributed by atoms with Gasteiger partial charge in [0.05, 0.1) is 5.52 Å². The maximum absolute atomic E-state index is 4.86. The van der Waals surface area contributed by atoms with Crippen molar-refractivity contribution in [3.63, 3.8) is 0 Å². The molecule has 5 heteroatoms. The van der Waals surface area contributed by atoms with Gasteiger partial charge in [-0.2, -0.15) is 4.98 Å². The molecule has 0 aliphatic carbocycles. The first kappa shape index (κ1) is 18.4. The van der Waals surface area contributed by atoms with E-state index >= 15 is 0 Å². The Morgan fingerprint density at radius 3 is 2.36 bits per heavy atom. The van der Waals surface area contributed by atoms with Gasteiger partial charge >= 0.3 is 0 Å². The van der Waals surface area contributed by atoms with Crippen LogP contribution in [0.1, 0.15) is 5.56 Å². The minimum absolute atomic E-state index is 0.835. The Morgan fingerprint density at radius 1 is 0.893 bits per heavy atom. The second-order valence-electron chi connectivity index (χ2n) is 7.36. The Bertz CT molecular complexity index is 944. The van der Waals surface area contributed by atoms with Gasteiger partial charge in [0.25, 0.3) is 0 Å². The molecule has 0 radical (unpaired) electrons. The van der Waals surface area contributed by atoms with Crippen LogP contribution in [-0.2, 0) is 0 Å². The van der Waals surface area contributed by atoms with Crippen LogP contribution in [0.5, 0.6) is 0 Å². The van der Waals surface area contributed by atoms with E-state index in [0.29, 0.717) is 0 Å². The molecule has 144 valence electrons. The van der Waals surface area contributed by atoms with Crippen LogP contribution in [0.2, 0.25) is 0 Å². The lowest BCUT2D eigenvalue weighted by Crippen LogP contribution is -2.47. The van der Waals surface area contributed by atoms with E-state index in [0.717, 1.165) is 55.4 Å². The summed E-state index contributed by atoms with van der Waals surface area (Å²) >= 11 is 0. The summed E-state index contributed by atoms with van der Waals surface area (Å²) in [6, 6.07) is 18.7. The number of nitrogens with zero attached hydrogens (tertiary/aromatic N) is 5. The van der Waals surface area contributed by atoms with E-state index in [9.17, 15) is 0 Å².